The molecule has 5 heteroatoms. The lowest BCUT2D eigenvalue weighted by Gasteiger charge is -2.30. The first-order chi connectivity index (χ1) is 21.4. The number of carbonyl (C=O) groups is 1. The number of H-pyrrole nitrogens is 1. The number of aryl methyl sites for hydroxylation is 1. The van der Waals surface area contributed by atoms with Crippen LogP contribution in [-0.2, 0) is 16.0 Å². The van der Waals surface area contributed by atoms with E-state index in [4.69, 9.17) is 4.74 Å². The quantitative estimate of drug-likeness (QED) is 0.151. The molecule has 0 spiro atoms. The molecule has 44 heavy (non-hydrogen) atoms. The third-order valence-electron chi connectivity index (χ3n) is 8.66. The van der Waals surface area contributed by atoms with Crippen LogP contribution >= 0.6 is 0 Å². The molecule has 0 saturated carbocycles. The highest BCUT2D eigenvalue weighted by molar-refractivity contribution is 5.79. The van der Waals surface area contributed by atoms with Crippen LogP contribution in [-0.4, -0.2) is 17.4 Å². The molecular formula is C39H56N2O3. The van der Waals surface area contributed by atoms with Gasteiger partial charge in [0.2, 0.25) is 0 Å². The van der Waals surface area contributed by atoms with Gasteiger partial charge in [0.1, 0.15) is 12.7 Å². The first-order valence-corrected chi connectivity index (χ1v) is 17.1. The van der Waals surface area contributed by atoms with Crippen LogP contribution in [0.4, 0.5) is 5.69 Å². The number of fused-ring (bicyclic) bond motifs is 2. The maximum atomic E-state index is 12.3. The number of hydrogen-bond acceptors (Lipinski definition) is 4. The van der Waals surface area contributed by atoms with Crippen LogP contribution in [0.3, 0.4) is 0 Å². The number of benzene rings is 2. The number of pyridine rings is 1. The van der Waals surface area contributed by atoms with Gasteiger partial charge in [0, 0.05) is 39.1 Å². The van der Waals surface area contributed by atoms with Gasteiger partial charge in [-0.3, -0.25) is 9.59 Å². The van der Waals surface area contributed by atoms with Crippen molar-refractivity contribution in [3.63, 3.8) is 0 Å². The highest BCUT2D eigenvalue weighted by Gasteiger charge is 2.25. The van der Waals surface area contributed by atoms with Gasteiger partial charge in [-0.1, -0.05) is 108 Å². The fraction of sp³-hybridized carbons (Fsp3) is 0.538. The van der Waals surface area contributed by atoms with Crippen molar-refractivity contribution in [2.24, 2.45) is 0 Å². The highest BCUT2D eigenvalue weighted by Crippen LogP contribution is 2.39. The Morgan fingerprint density at radius 3 is 2.05 bits per heavy atom. The SMILES string of the molecule is CCCCCCCCC1=C(C)C(OCC(C)=O)c2ccccc2N1.CCCCCCCCc1[nH]c2ccccc2c(=O)c1C. The van der Waals surface area contributed by atoms with E-state index in [9.17, 15) is 9.59 Å². The zero-order chi connectivity index (χ0) is 31.7. The van der Waals surface area contributed by atoms with Gasteiger partial charge >= 0.3 is 0 Å². The number of nitrogens with one attached hydrogen (secondary N) is 2. The number of aromatic amines is 1. The van der Waals surface area contributed by atoms with E-state index in [2.05, 4.69) is 43.2 Å². The molecule has 1 aromatic heterocycles. The molecule has 1 atom stereocenters. The van der Waals surface area contributed by atoms with Crippen LogP contribution in [0.15, 0.2) is 64.6 Å². The summed E-state index contributed by atoms with van der Waals surface area (Å²) in [6.45, 7) is 10.3. The minimum atomic E-state index is -0.110. The monoisotopic (exact) mass is 600 g/mol. The molecule has 0 radical (unpaired) electrons. The minimum absolute atomic E-state index is 0.0660. The summed E-state index contributed by atoms with van der Waals surface area (Å²) in [6, 6.07) is 16.0. The highest BCUT2D eigenvalue weighted by atomic mass is 16.5. The largest absolute Gasteiger partial charge is 0.361 e. The van der Waals surface area contributed by atoms with Crippen molar-refractivity contribution in [3.05, 3.63) is 86.8 Å². The van der Waals surface area contributed by atoms with Gasteiger partial charge in [-0.2, -0.15) is 0 Å². The molecule has 2 N–H and O–H groups in total. The first-order valence-electron chi connectivity index (χ1n) is 17.1. The number of allylic oxidation sites excluding steroid dienone is 1. The van der Waals surface area contributed by atoms with Crippen LogP contribution in [0.25, 0.3) is 10.9 Å². The Kier molecular flexibility index (Phi) is 15.5. The maximum absolute atomic E-state index is 12.3. The molecule has 0 fully saturated rings. The van der Waals surface area contributed by atoms with Gasteiger partial charge in [0.05, 0.1) is 0 Å². The summed E-state index contributed by atoms with van der Waals surface area (Å²) in [7, 11) is 0. The maximum Gasteiger partial charge on any atom is 0.192 e. The lowest BCUT2D eigenvalue weighted by molar-refractivity contribution is -0.122. The van der Waals surface area contributed by atoms with E-state index in [1.165, 1.54) is 88.3 Å². The zero-order valence-corrected chi connectivity index (χ0v) is 28.0. The third kappa shape index (κ3) is 10.8. The van der Waals surface area contributed by atoms with Crippen molar-refractivity contribution in [1.29, 1.82) is 0 Å². The lowest BCUT2D eigenvalue weighted by atomic mass is 9.93. The van der Waals surface area contributed by atoms with Crippen molar-refractivity contribution in [1.82, 2.24) is 4.98 Å². The second-order valence-corrected chi connectivity index (χ2v) is 12.4. The number of hydrogen-bond donors (Lipinski definition) is 2. The van der Waals surface area contributed by atoms with E-state index in [0.29, 0.717) is 0 Å². The Labute approximate surface area is 265 Å². The van der Waals surface area contributed by atoms with Crippen LogP contribution in [0, 0.1) is 6.92 Å². The third-order valence-corrected chi connectivity index (χ3v) is 8.66. The molecule has 0 saturated heterocycles. The molecule has 1 unspecified atom stereocenters. The number of aromatic nitrogens is 1. The first kappa shape index (κ1) is 35.3. The standard InChI is InChI=1S/C21H31NO2.C18H25NO/c1-4-5-6-7-8-9-13-19-17(3)21(24-15-16(2)23)18-12-10-11-14-20(18)22-19;1-3-4-5-6-7-8-12-16-14(2)18(20)15-11-9-10-13-17(15)19-16/h10-12,14,21-22H,4-9,13,15H2,1-3H3;9-11,13H,3-8,12H2,1-2H3,(H,19,20). The van der Waals surface area contributed by atoms with Crippen LogP contribution in [0.5, 0.6) is 0 Å². The topological polar surface area (TPSA) is 71.2 Å². The second kappa shape index (κ2) is 19.3. The Balaban J connectivity index is 0.000000244. The van der Waals surface area contributed by atoms with E-state index in [1.54, 1.807) is 6.92 Å². The molecule has 4 rings (SSSR count). The average Bonchev–Trinajstić information content (AvgIpc) is 3.03. The molecule has 1 aliphatic heterocycles. The van der Waals surface area contributed by atoms with Gasteiger partial charge in [-0.15, -0.1) is 0 Å². The van der Waals surface area contributed by atoms with Crippen molar-refractivity contribution in [3.8, 4) is 0 Å². The molecule has 2 aromatic carbocycles. The summed E-state index contributed by atoms with van der Waals surface area (Å²) in [5.41, 5.74) is 7.85. The molecule has 1 aliphatic rings. The van der Waals surface area contributed by atoms with Crippen molar-refractivity contribution in [2.45, 2.75) is 131 Å². The minimum Gasteiger partial charge on any atom is -0.361 e. The smallest absolute Gasteiger partial charge is 0.192 e. The Bertz CT molecular complexity index is 1400. The van der Waals surface area contributed by atoms with Crippen LogP contribution < -0.4 is 10.7 Å². The summed E-state index contributed by atoms with van der Waals surface area (Å²) in [5, 5.41) is 4.38. The molecule has 0 amide bonds. The number of ether oxygens (including phenoxy) is 1. The van der Waals surface area contributed by atoms with Crippen molar-refractivity contribution < 1.29 is 9.53 Å². The summed E-state index contributed by atoms with van der Waals surface area (Å²) in [5.74, 6) is 0.0660. The predicted molar refractivity (Wildman–Crippen MR) is 187 cm³/mol. The predicted octanol–water partition coefficient (Wildman–Crippen LogP) is 10.5. The number of unbranched alkanes of at least 4 members (excludes halogenated alkanes) is 10. The fourth-order valence-corrected chi connectivity index (χ4v) is 5.97. The molecule has 3 aromatic rings. The van der Waals surface area contributed by atoms with Crippen LogP contribution in [0.2, 0.25) is 0 Å². The van der Waals surface area contributed by atoms with Gasteiger partial charge in [-0.25, -0.2) is 0 Å². The Morgan fingerprint density at radius 2 is 1.36 bits per heavy atom. The molecule has 0 bridgehead atoms. The zero-order valence-electron chi connectivity index (χ0n) is 28.0. The number of para-hydroxylation sites is 2. The molecule has 240 valence electrons. The number of Topliss-reactive ketones (excluding diaryl/α,β-unsaturated/α-hetero) is 1. The molecule has 2 heterocycles. The van der Waals surface area contributed by atoms with Gasteiger partial charge < -0.3 is 15.0 Å². The summed E-state index contributed by atoms with van der Waals surface area (Å²) in [6.07, 6.45) is 17.4. The van der Waals surface area contributed by atoms with Crippen LogP contribution in [0.1, 0.15) is 134 Å². The molecule has 0 aliphatic carbocycles. The number of anilines is 1. The fourth-order valence-electron chi connectivity index (χ4n) is 5.97. The number of rotatable bonds is 17. The Morgan fingerprint density at radius 1 is 0.773 bits per heavy atom. The summed E-state index contributed by atoms with van der Waals surface area (Å²) >= 11 is 0. The second-order valence-electron chi connectivity index (χ2n) is 12.4. The van der Waals surface area contributed by atoms with Crippen molar-refractivity contribution >= 4 is 22.4 Å². The molecule has 5 nitrogen and oxygen atoms in total. The normalized spacial score (nSPS) is 14.2. The van der Waals surface area contributed by atoms with Gasteiger partial charge in [-0.05, 0) is 70.2 Å². The van der Waals surface area contributed by atoms with E-state index >= 15 is 0 Å². The van der Waals surface area contributed by atoms with E-state index in [1.807, 2.05) is 43.3 Å². The van der Waals surface area contributed by atoms with Gasteiger partial charge in [0.15, 0.2) is 11.2 Å². The average molecular weight is 601 g/mol. The lowest BCUT2D eigenvalue weighted by Crippen LogP contribution is -2.20. The van der Waals surface area contributed by atoms with E-state index < -0.39 is 0 Å². The summed E-state index contributed by atoms with van der Waals surface area (Å²) in [4.78, 5) is 27.1. The number of carbonyl (C=O) groups excluding carboxylic acids is 1. The Hall–Kier alpha value is -3.18. The van der Waals surface area contributed by atoms with Crippen molar-refractivity contribution in [2.75, 3.05) is 11.9 Å². The van der Waals surface area contributed by atoms with E-state index in [-0.39, 0.29) is 23.9 Å². The summed E-state index contributed by atoms with van der Waals surface area (Å²) < 4.78 is 5.93. The van der Waals surface area contributed by atoms with Gasteiger partial charge in [0.25, 0.3) is 0 Å². The van der Waals surface area contributed by atoms with E-state index in [0.717, 1.165) is 46.3 Å². The number of ketones is 1. The molecular weight excluding hydrogens is 544 g/mol.